The minimum Gasteiger partial charge on any atom is -0.493 e. The SMILES string of the molecule is C[C@H]1CC[C@H](COc2ccc3ccncc3c2)CN1C(=O)c1ccccc1-n1nccn1. The van der Waals surface area contributed by atoms with Gasteiger partial charge in [-0.3, -0.25) is 9.78 Å². The van der Waals surface area contributed by atoms with Gasteiger partial charge < -0.3 is 9.64 Å². The highest BCUT2D eigenvalue weighted by molar-refractivity contribution is 5.98. The molecule has 0 saturated carbocycles. The van der Waals surface area contributed by atoms with Gasteiger partial charge in [0.15, 0.2) is 0 Å². The van der Waals surface area contributed by atoms with Crippen LogP contribution >= 0.6 is 0 Å². The highest BCUT2D eigenvalue weighted by Gasteiger charge is 2.31. The third kappa shape index (κ3) is 4.06. The van der Waals surface area contributed by atoms with Crippen molar-refractivity contribution in [1.29, 1.82) is 0 Å². The van der Waals surface area contributed by atoms with Gasteiger partial charge >= 0.3 is 0 Å². The van der Waals surface area contributed by atoms with E-state index in [0.717, 1.165) is 29.4 Å². The first-order chi connectivity index (χ1) is 15.7. The Labute approximate surface area is 186 Å². The lowest BCUT2D eigenvalue weighted by Crippen LogP contribution is -2.47. The molecule has 2 aromatic heterocycles. The Morgan fingerprint density at radius 1 is 1.03 bits per heavy atom. The summed E-state index contributed by atoms with van der Waals surface area (Å²) in [6.45, 7) is 3.35. The molecule has 0 aliphatic carbocycles. The maximum Gasteiger partial charge on any atom is 0.256 e. The summed E-state index contributed by atoms with van der Waals surface area (Å²) in [5.74, 6) is 1.11. The Bertz CT molecular complexity index is 1220. The second-order valence-electron chi connectivity index (χ2n) is 8.28. The molecule has 7 heteroatoms. The van der Waals surface area contributed by atoms with Gasteiger partial charge in [0.25, 0.3) is 5.91 Å². The summed E-state index contributed by atoms with van der Waals surface area (Å²) in [5, 5.41) is 10.6. The normalized spacial score (nSPS) is 18.6. The molecule has 0 unspecified atom stereocenters. The Morgan fingerprint density at radius 2 is 1.88 bits per heavy atom. The van der Waals surface area contributed by atoms with Crippen LogP contribution in [0.25, 0.3) is 16.5 Å². The van der Waals surface area contributed by atoms with Crippen molar-refractivity contribution in [2.45, 2.75) is 25.8 Å². The molecule has 7 nitrogen and oxygen atoms in total. The smallest absolute Gasteiger partial charge is 0.256 e. The fraction of sp³-hybridized carbons (Fsp3) is 0.280. The molecule has 1 amide bonds. The number of fused-ring (bicyclic) bond motifs is 1. The van der Waals surface area contributed by atoms with Gasteiger partial charge in [0, 0.05) is 36.3 Å². The molecule has 162 valence electrons. The van der Waals surface area contributed by atoms with E-state index in [-0.39, 0.29) is 17.9 Å². The number of likely N-dealkylation sites (tertiary alicyclic amines) is 1. The number of para-hydroxylation sites is 1. The number of hydrogen-bond acceptors (Lipinski definition) is 5. The van der Waals surface area contributed by atoms with Crippen LogP contribution in [0.3, 0.4) is 0 Å². The summed E-state index contributed by atoms with van der Waals surface area (Å²) < 4.78 is 6.12. The number of pyridine rings is 1. The van der Waals surface area contributed by atoms with Crippen LogP contribution in [0.1, 0.15) is 30.1 Å². The van der Waals surface area contributed by atoms with Crippen molar-refractivity contribution >= 4 is 16.7 Å². The lowest BCUT2D eigenvalue weighted by Gasteiger charge is -2.38. The highest BCUT2D eigenvalue weighted by atomic mass is 16.5. The minimum atomic E-state index is 0.00637. The summed E-state index contributed by atoms with van der Waals surface area (Å²) in [7, 11) is 0. The summed E-state index contributed by atoms with van der Waals surface area (Å²) >= 11 is 0. The standard InChI is InChI=1S/C25H25N5O2/c1-18-6-7-19(17-32-22-9-8-20-10-11-26-15-21(20)14-22)16-29(18)25(31)23-4-2-3-5-24(23)30-27-12-13-28-30/h2-5,8-15,18-19H,6-7,16-17H2,1H3/t18-,19-/m0/s1. The number of rotatable bonds is 5. The van der Waals surface area contributed by atoms with E-state index in [9.17, 15) is 4.79 Å². The molecule has 2 atom stereocenters. The van der Waals surface area contributed by atoms with E-state index in [1.54, 1.807) is 18.6 Å². The van der Waals surface area contributed by atoms with Crippen LogP contribution in [0.2, 0.25) is 0 Å². The topological polar surface area (TPSA) is 73.1 Å². The van der Waals surface area contributed by atoms with Crippen LogP contribution in [-0.2, 0) is 0 Å². The van der Waals surface area contributed by atoms with Crippen molar-refractivity contribution in [1.82, 2.24) is 24.9 Å². The fourth-order valence-corrected chi connectivity index (χ4v) is 4.29. The molecule has 1 aliphatic heterocycles. The first-order valence-electron chi connectivity index (χ1n) is 10.9. The molecule has 5 rings (SSSR count). The summed E-state index contributed by atoms with van der Waals surface area (Å²) in [5.41, 5.74) is 1.30. The second kappa shape index (κ2) is 8.78. The zero-order valence-electron chi connectivity index (χ0n) is 18.0. The molecule has 0 radical (unpaired) electrons. The average Bonchev–Trinajstić information content (AvgIpc) is 3.38. The van der Waals surface area contributed by atoms with Gasteiger partial charge in [0.05, 0.1) is 30.3 Å². The first-order valence-corrected chi connectivity index (χ1v) is 10.9. The lowest BCUT2D eigenvalue weighted by atomic mass is 9.93. The predicted octanol–water partition coefficient (Wildman–Crippen LogP) is 4.14. The van der Waals surface area contributed by atoms with Gasteiger partial charge in [0.1, 0.15) is 5.75 Å². The van der Waals surface area contributed by atoms with Gasteiger partial charge in [-0.15, -0.1) is 0 Å². The monoisotopic (exact) mass is 427 g/mol. The molecule has 0 bridgehead atoms. The number of hydrogen-bond donors (Lipinski definition) is 0. The first kappa shape index (κ1) is 20.2. The maximum atomic E-state index is 13.5. The van der Waals surface area contributed by atoms with E-state index < -0.39 is 0 Å². The number of amides is 1. The molecule has 2 aromatic carbocycles. The lowest BCUT2D eigenvalue weighted by molar-refractivity contribution is 0.0505. The Morgan fingerprint density at radius 3 is 2.75 bits per heavy atom. The molecule has 3 heterocycles. The summed E-state index contributed by atoms with van der Waals surface area (Å²) in [6, 6.07) is 15.7. The number of benzene rings is 2. The number of piperidine rings is 1. The van der Waals surface area contributed by atoms with Crippen molar-refractivity contribution in [3.8, 4) is 11.4 Å². The molecule has 4 aromatic rings. The van der Waals surface area contributed by atoms with Crippen LogP contribution in [0.15, 0.2) is 73.3 Å². The quantitative estimate of drug-likeness (QED) is 0.479. The van der Waals surface area contributed by atoms with E-state index in [0.29, 0.717) is 24.4 Å². The van der Waals surface area contributed by atoms with E-state index >= 15 is 0 Å². The van der Waals surface area contributed by atoms with Crippen molar-refractivity contribution < 1.29 is 9.53 Å². The summed E-state index contributed by atoms with van der Waals surface area (Å²) in [4.78, 5) is 21.1. The molecule has 1 saturated heterocycles. The van der Waals surface area contributed by atoms with E-state index in [2.05, 4.69) is 22.1 Å². The van der Waals surface area contributed by atoms with Crippen LogP contribution in [0.4, 0.5) is 0 Å². The number of aromatic nitrogens is 4. The van der Waals surface area contributed by atoms with Gasteiger partial charge in [-0.25, -0.2) is 0 Å². The molecular weight excluding hydrogens is 402 g/mol. The van der Waals surface area contributed by atoms with Crippen LogP contribution in [-0.4, -0.2) is 50.0 Å². The molecule has 0 spiro atoms. The number of nitrogens with zero attached hydrogens (tertiary/aromatic N) is 5. The van der Waals surface area contributed by atoms with Crippen molar-refractivity contribution in [3.63, 3.8) is 0 Å². The van der Waals surface area contributed by atoms with Crippen LogP contribution < -0.4 is 4.74 Å². The van der Waals surface area contributed by atoms with Gasteiger partial charge in [0.2, 0.25) is 0 Å². The predicted molar refractivity (Wildman–Crippen MR) is 122 cm³/mol. The van der Waals surface area contributed by atoms with Crippen molar-refractivity contribution in [3.05, 3.63) is 78.9 Å². The third-order valence-electron chi connectivity index (χ3n) is 6.11. The Balaban J connectivity index is 1.30. The molecule has 1 aliphatic rings. The van der Waals surface area contributed by atoms with E-state index in [4.69, 9.17) is 4.74 Å². The minimum absolute atomic E-state index is 0.00637. The van der Waals surface area contributed by atoms with Crippen molar-refractivity contribution in [2.24, 2.45) is 5.92 Å². The Hall–Kier alpha value is -3.74. The number of carbonyl (C=O) groups excluding carboxylic acids is 1. The highest BCUT2D eigenvalue weighted by Crippen LogP contribution is 2.27. The second-order valence-corrected chi connectivity index (χ2v) is 8.28. The van der Waals surface area contributed by atoms with Gasteiger partial charge in [-0.1, -0.05) is 18.2 Å². The van der Waals surface area contributed by atoms with Crippen molar-refractivity contribution in [2.75, 3.05) is 13.2 Å². The zero-order valence-corrected chi connectivity index (χ0v) is 18.0. The van der Waals surface area contributed by atoms with E-state index in [1.165, 1.54) is 4.80 Å². The number of ether oxygens (including phenoxy) is 1. The average molecular weight is 428 g/mol. The molecule has 1 fully saturated rings. The molecule has 0 N–H and O–H groups in total. The van der Waals surface area contributed by atoms with E-state index in [1.807, 2.05) is 59.6 Å². The van der Waals surface area contributed by atoms with Crippen LogP contribution in [0, 0.1) is 5.92 Å². The fourth-order valence-electron chi connectivity index (χ4n) is 4.29. The largest absolute Gasteiger partial charge is 0.493 e. The maximum absolute atomic E-state index is 13.5. The number of carbonyl (C=O) groups is 1. The van der Waals surface area contributed by atoms with Gasteiger partial charge in [-0.05, 0) is 55.5 Å². The molecular formula is C25H25N5O2. The van der Waals surface area contributed by atoms with Crippen LogP contribution in [0.5, 0.6) is 5.75 Å². The summed E-state index contributed by atoms with van der Waals surface area (Å²) in [6.07, 6.45) is 8.84. The third-order valence-corrected chi connectivity index (χ3v) is 6.11. The zero-order chi connectivity index (χ0) is 21.9. The Kier molecular flexibility index (Phi) is 5.54. The van der Waals surface area contributed by atoms with Gasteiger partial charge in [-0.2, -0.15) is 15.0 Å². The molecule has 32 heavy (non-hydrogen) atoms.